The highest BCUT2D eigenvalue weighted by Crippen LogP contribution is 2.21. The molecule has 0 heterocycles. The highest BCUT2D eigenvalue weighted by atomic mass is 32.2. The van der Waals surface area contributed by atoms with E-state index >= 15 is 0 Å². The van der Waals surface area contributed by atoms with Gasteiger partial charge in [-0.2, -0.15) is 0 Å². The molecule has 0 aliphatic heterocycles. The maximum Gasteiger partial charge on any atom is 0.319 e. The van der Waals surface area contributed by atoms with E-state index in [4.69, 9.17) is 0 Å². The zero-order valence-corrected chi connectivity index (χ0v) is 20.4. The monoisotopic (exact) mass is 498 g/mol. The highest BCUT2D eigenvalue weighted by Gasteiger charge is 2.19. The minimum absolute atomic E-state index is 0.0109. The topological polar surface area (TPSA) is 116 Å². The normalized spacial score (nSPS) is 11.1. The summed E-state index contributed by atoms with van der Waals surface area (Å²) in [4.78, 5) is 24.4. The lowest BCUT2D eigenvalue weighted by atomic mass is 10.1. The number of hydrogen-bond donors (Lipinski definition) is 4. The van der Waals surface area contributed by atoms with E-state index in [9.17, 15) is 22.4 Å². The number of benzene rings is 3. The summed E-state index contributed by atoms with van der Waals surface area (Å²) in [6.45, 7) is 5.61. The van der Waals surface area contributed by atoms with Crippen molar-refractivity contribution in [3.05, 3.63) is 89.2 Å². The molecule has 0 aliphatic carbocycles. The molecule has 3 rings (SSSR count). The van der Waals surface area contributed by atoms with Crippen LogP contribution in [0.4, 0.5) is 20.6 Å². The average molecular weight is 499 g/mol. The molecule has 0 aliphatic rings. The summed E-state index contributed by atoms with van der Waals surface area (Å²) in [5, 5.41) is 8.21. The molecule has 0 aromatic heterocycles. The van der Waals surface area contributed by atoms with Gasteiger partial charge in [0, 0.05) is 23.8 Å². The first-order chi connectivity index (χ1) is 16.5. The molecule has 3 amide bonds. The van der Waals surface area contributed by atoms with Gasteiger partial charge in [-0.15, -0.1) is 0 Å². The number of halogens is 1. The maximum absolute atomic E-state index is 13.9. The highest BCUT2D eigenvalue weighted by molar-refractivity contribution is 7.92. The van der Waals surface area contributed by atoms with E-state index < -0.39 is 21.7 Å². The third-order valence-electron chi connectivity index (χ3n) is 4.97. The van der Waals surface area contributed by atoms with Gasteiger partial charge in [0.05, 0.1) is 10.6 Å². The molecule has 0 atom stereocenters. The Morgan fingerprint density at radius 3 is 2.31 bits per heavy atom. The molecule has 0 fully saturated rings. The third kappa shape index (κ3) is 7.03. The van der Waals surface area contributed by atoms with Gasteiger partial charge >= 0.3 is 6.03 Å². The quantitative estimate of drug-likeness (QED) is 0.368. The van der Waals surface area contributed by atoms with Crippen LogP contribution in [0, 0.1) is 12.7 Å². The Morgan fingerprint density at radius 2 is 1.66 bits per heavy atom. The van der Waals surface area contributed by atoms with Gasteiger partial charge < -0.3 is 16.0 Å². The van der Waals surface area contributed by atoms with Crippen LogP contribution in [0.25, 0.3) is 0 Å². The van der Waals surface area contributed by atoms with Gasteiger partial charge in [0.2, 0.25) is 0 Å². The Hall–Kier alpha value is -3.92. The van der Waals surface area contributed by atoms with E-state index in [0.29, 0.717) is 11.3 Å². The molecule has 0 saturated heterocycles. The lowest BCUT2D eigenvalue weighted by Crippen LogP contribution is -2.34. The van der Waals surface area contributed by atoms with E-state index in [2.05, 4.69) is 20.7 Å². The number of nitrogens with one attached hydrogen (secondary N) is 4. The number of carbonyl (C=O) groups is 2. The average Bonchev–Trinajstić information content (AvgIpc) is 2.79. The molecule has 0 bridgehead atoms. The van der Waals surface area contributed by atoms with Crippen LogP contribution >= 0.6 is 0 Å². The van der Waals surface area contributed by atoms with Crippen LogP contribution in [-0.4, -0.2) is 26.4 Å². The summed E-state index contributed by atoms with van der Waals surface area (Å²) in [5.74, 6) is -1.16. The largest absolute Gasteiger partial charge is 0.348 e. The summed E-state index contributed by atoms with van der Waals surface area (Å²) in [6.07, 6.45) is 0. The van der Waals surface area contributed by atoms with Gasteiger partial charge in [-0.3, -0.25) is 9.52 Å². The number of hydrogen-bond acceptors (Lipinski definition) is 4. The standard InChI is InChI=1S/C25H27FN4O4S/c1-16(2)28-25(32)29-19-11-9-18(10-12-19)15-27-24(31)21-14-20(13-8-17(21)3)35(33,34)30-23-7-5-4-6-22(23)26/h4-14,16,30H,15H2,1-3H3,(H,27,31)(H2,28,29,32). The minimum Gasteiger partial charge on any atom is -0.348 e. The summed E-state index contributed by atoms with van der Waals surface area (Å²) in [6, 6.07) is 16.2. The summed E-state index contributed by atoms with van der Waals surface area (Å²) in [7, 11) is -4.11. The Labute approximate surface area is 204 Å². The van der Waals surface area contributed by atoms with E-state index in [1.165, 1.54) is 36.4 Å². The molecule has 0 spiro atoms. The lowest BCUT2D eigenvalue weighted by Gasteiger charge is -2.13. The molecule has 0 saturated carbocycles. The molecule has 35 heavy (non-hydrogen) atoms. The number of amides is 3. The van der Waals surface area contributed by atoms with Crippen molar-refractivity contribution in [2.45, 2.75) is 38.3 Å². The number of rotatable bonds is 8. The maximum atomic E-state index is 13.9. The zero-order valence-electron chi connectivity index (χ0n) is 19.6. The number of urea groups is 1. The number of carbonyl (C=O) groups excluding carboxylic acids is 2. The first kappa shape index (κ1) is 25.7. The molecule has 0 radical (unpaired) electrons. The predicted octanol–water partition coefficient (Wildman–Crippen LogP) is 4.39. The molecule has 8 nitrogen and oxygen atoms in total. The van der Waals surface area contributed by atoms with Crippen molar-refractivity contribution >= 4 is 33.3 Å². The van der Waals surface area contributed by atoms with Gasteiger partial charge in [0.25, 0.3) is 15.9 Å². The smallest absolute Gasteiger partial charge is 0.319 e. The molecule has 10 heteroatoms. The fraction of sp³-hybridized carbons (Fsp3) is 0.200. The lowest BCUT2D eigenvalue weighted by molar-refractivity contribution is 0.0950. The fourth-order valence-corrected chi connectivity index (χ4v) is 4.27. The molecular formula is C25H27FN4O4S. The van der Waals surface area contributed by atoms with Crippen molar-refractivity contribution in [3.63, 3.8) is 0 Å². The first-order valence-electron chi connectivity index (χ1n) is 10.9. The second-order valence-electron chi connectivity index (χ2n) is 8.19. The number of aryl methyl sites for hydroxylation is 1. The van der Waals surface area contributed by atoms with E-state index in [-0.39, 0.29) is 34.8 Å². The molecule has 4 N–H and O–H groups in total. The second kappa shape index (κ2) is 11.0. The van der Waals surface area contributed by atoms with E-state index in [1.807, 2.05) is 13.8 Å². The van der Waals surface area contributed by atoms with Crippen LogP contribution in [0.15, 0.2) is 71.6 Å². The summed E-state index contributed by atoms with van der Waals surface area (Å²) >= 11 is 0. The third-order valence-corrected chi connectivity index (χ3v) is 6.33. The van der Waals surface area contributed by atoms with Crippen molar-refractivity contribution in [2.75, 3.05) is 10.0 Å². The van der Waals surface area contributed by atoms with E-state index in [0.717, 1.165) is 11.6 Å². The Kier molecular flexibility index (Phi) is 8.08. The van der Waals surface area contributed by atoms with E-state index in [1.54, 1.807) is 31.2 Å². The second-order valence-corrected chi connectivity index (χ2v) is 9.88. The van der Waals surface area contributed by atoms with Crippen LogP contribution in [0.2, 0.25) is 0 Å². The zero-order chi connectivity index (χ0) is 25.6. The van der Waals surface area contributed by atoms with Gasteiger partial charge in [-0.1, -0.05) is 30.3 Å². The van der Waals surface area contributed by atoms with Crippen molar-refractivity contribution in [1.82, 2.24) is 10.6 Å². The van der Waals surface area contributed by atoms with Crippen LogP contribution in [0.1, 0.15) is 35.3 Å². The number of anilines is 2. The summed E-state index contributed by atoms with van der Waals surface area (Å²) < 4.78 is 41.6. The SMILES string of the molecule is Cc1ccc(S(=O)(=O)Nc2ccccc2F)cc1C(=O)NCc1ccc(NC(=O)NC(C)C)cc1. The Balaban J connectivity index is 1.67. The molecular weight excluding hydrogens is 471 g/mol. The van der Waals surface area contributed by atoms with Crippen molar-refractivity contribution in [1.29, 1.82) is 0 Å². The van der Waals surface area contributed by atoms with Gasteiger partial charge in [0.1, 0.15) is 5.82 Å². The predicted molar refractivity (Wildman–Crippen MR) is 133 cm³/mol. The number of sulfonamides is 1. The van der Waals surface area contributed by atoms with Crippen LogP contribution in [0.3, 0.4) is 0 Å². The molecule has 184 valence electrons. The van der Waals surface area contributed by atoms with Gasteiger partial charge in [-0.05, 0) is 68.3 Å². The molecule has 0 unspecified atom stereocenters. The van der Waals surface area contributed by atoms with Gasteiger partial charge in [0.15, 0.2) is 0 Å². The number of para-hydroxylation sites is 1. The van der Waals surface area contributed by atoms with Crippen LogP contribution in [0.5, 0.6) is 0 Å². The van der Waals surface area contributed by atoms with Crippen LogP contribution in [-0.2, 0) is 16.6 Å². The summed E-state index contributed by atoms with van der Waals surface area (Å²) in [5.41, 5.74) is 1.98. The van der Waals surface area contributed by atoms with Crippen molar-refractivity contribution < 1.29 is 22.4 Å². The Bertz CT molecular complexity index is 1330. The molecule has 3 aromatic carbocycles. The van der Waals surface area contributed by atoms with Crippen molar-refractivity contribution in [2.24, 2.45) is 0 Å². The molecule has 3 aromatic rings. The fourth-order valence-electron chi connectivity index (χ4n) is 3.17. The first-order valence-corrected chi connectivity index (χ1v) is 12.4. The van der Waals surface area contributed by atoms with Gasteiger partial charge in [-0.25, -0.2) is 17.6 Å². The van der Waals surface area contributed by atoms with Crippen LogP contribution < -0.4 is 20.7 Å². The van der Waals surface area contributed by atoms with Crippen molar-refractivity contribution in [3.8, 4) is 0 Å². The minimum atomic E-state index is -4.11. The Morgan fingerprint density at radius 1 is 0.971 bits per heavy atom.